The molecule has 2 aliphatic heterocycles. The topological polar surface area (TPSA) is 24.4 Å². The molecule has 2 nitrogen and oxygen atoms in total. The average molecular weight is 148 g/mol. The molecule has 11 heavy (non-hydrogen) atoms. The molecule has 0 spiro atoms. The van der Waals surface area contributed by atoms with Crippen LogP contribution in [0, 0.1) is 0 Å². The van der Waals surface area contributed by atoms with Gasteiger partial charge in [0.25, 0.3) is 0 Å². The molecule has 2 heteroatoms. The molecule has 0 aliphatic carbocycles. The normalized spacial score (nSPS) is 32.0. The molecule has 0 radical (unpaired) electrons. The molecule has 2 aliphatic rings. The van der Waals surface area contributed by atoms with Gasteiger partial charge in [-0.05, 0) is 5.57 Å². The van der Waals surface area contributed by atoms with Gasteiger partial charge in [-0.1, -0.05) is 18.2 Å². The molecule has 2 rings (SSSR count). The second-order valence-corrected chi connectivity index (χ2v) is 2.88. The van der Waals surface area contributed by atoms with Crippen LogP contribution in [0.15, 0.2) is 28.8 Å². The predicted octanol–water partition coefficient (Wildman–Crippen LogP) is 0.915. The number of hydrogen-bond donors (Lipinski definition) is 1. The minimum Gasteiger partial charge on any atom is -0.311 e. The van der Waals surface area contributed by atoms with Crippen LogP contribution in [0.3, 0.4) is 0 Å². The first-order chi connectivity index (χ1) is 5.47. The van der Waals surface area contributed by atoms with Crippen molar-refractivity contribution in [2.45, 2.75) is 12.5 Å². The van der Waals surface area contributed by atoms with E-state index in [1.165, 1.54) is 5.57 Å². The summed E-state index contributed by atoms with van der Waals surface area (Å²) >= 11 is 0. The summed E-state index contributed by atoms with van der Waals surface area (Å²) in [6.45, 7) is 1.96. The molecule has 0 aromatic carbocycles. The van der Waals surface area contributed by atoms with Crippen LogP contribution in [0.4, 0.5) is 0 Å². The average Bonchev–Trinajstić information content (AvgIpc) is 2.35. The third-order valence-electron chi connectivity index (χ3n) is 2.09. The summed E-state index contributed by atoms with van der Waals surface area (Å²) in [4.78, 5) is 4.37. The van der Waals surface area contributed by atoms with E-state index >= 15 is 0 Å². The van der Waals surface area contributed by atoms with Crippen LogP contribution in [0.1, 0.15) is 6.42 Å². The molecule has 1 N–H and O–H groups in total. The van der Waals surface area contributed by atoms with Crippen molar-refractivity contribution in [3.05, 3.63) is 23.8 Å². The third kappa shape index (κ3) is 1.40. The summed E-state index contributed by atoms with van der Waals surface area (Å²) in [6, 6.07) is 0.417. The van der Waals surface area contributed by atoms with Gasteiger partial charge in [-0.25, -0.2) is 0 Å². The minimum atomic E-state index is 0.417. The monoisotopic (exact) mass is 148 g/mol. The van der Waals surface area contributed by atoms with Gasteiger partial charge in [0.1, 0.15) is 0 Å². The van der Waals surface area contributed by atoms with E-state index in [4.69, 9.17) is 0 Å². The zero-order valence-electron chi connectivity index (χ0n) is 6.46. The van der Waals surface area contributed by atoms with Crippen molar-refractivity contribution in [3.8, 4) is 0 Å². The SMILES string of the molecule is C1=NC2CNC/C=C\C=C2C1. The van der Waals surface area contributed by atoms with E-state index in [1.54, 1.807) is 0 Å². The van der Waals surface area contributed by atoms with Gasteiger partial charge in [-0.2, -0.15) is 0 Å². The van der Waals surface area contributed by atoms with Gasteiger partial charge < -0.3 is 5.32 Å². The largest absolute Gasteiger partial charge is 0.311 e. The number of allylic oxidation sites excluding steroid dienone is 2. The van der Waals surface area contributed by atoms with Gasteiger partial charge in [0.15, 0.2) is 0 Å². The lowest BCUT2D eigenvalue weighted by molar-refractivity contribution is 0.667. The lowest BCUT2D eigenvalue weighted by atomic mass is 10.1. The van der Waals surface area contributed by atoms with Crippen molar-refractivity contribution in [1.82, 2.24) is 5.32 Å². The molecule has 0 saturated carbocycles. The highest BCUT2D eigenvalue weighted by Crippen LogP contribution is 2.16. The van der Waals surface area contributed by atoms with Crippen LogP contribution in [0.2, 0.25) is 0 Å². The number of nitrogens with one attached hydrogen (secondary N) is 1. The smallest absolute Gasteiger partial charge is 0.0836 e. The highest BCUT2D eigenvalue weighted by atomic mass is 14.9. The van der Waals surface area contributed by atoms with Gasteiger partial charge in [-0.3, -0.25) is 4.99 Å². The van der Waals surface area contributed by atoms with E-state index < -0.39 is 0 Å². The maximum absolute atomic E-state index is 4.37. The molecule has 0 bridgehead atoms. The molecule has 0 fully saturated rings. The fourth-order valence-corrected chi connectivity index (χ4v) is 1.44. The van der Waals surface area contributed by atoms with Crippen molar-refractivity contribution < 1.29 is 0 Å². The molecule has 0 amide bonds. The Labute approximate surface area is 66.7 Å². The van der Waals surface area contributed by atoms with Crippen molar-refractivity contribution in [1.29, 1.82) is 0 Å². The maximum Gasteiger partial charge on any atom is 0.0836 e. The van der Waals surface area contributed by atoms with Gasteiger partial charge in [-0.15, -0.1) is 0 Å². The Bertz CT molecular complexity index is 226. The molecular formula is C9H12N2. The number of fused-ring (bicyclic) bond motifs is 1. The fraction of sp³-hybridized carbons (Fsp3) is 0.444. The summed E-state index contributed by atoms with van der Waals surface area (Å²) in [5.41, 5.74) is 1.44. The third-order valence-corrected chi connectivity index (χ3v) is 2.09. The molecule has 1 atom stereocenters. The quantitative estimate of drug-likeness (QED) is 0.542. The van der Waals surface area contributed by atoms with Crippen LogP contribution < -0.4 is 5.32 Å². The first-order valence-electron chi connectivity index (χ1n) is 4.05. The van der Waals surface area contributed by atoms with Crippen molar-refractivity contribution in [2.75, 3.05) is 13.1 Å². The van der Waals surface area contributed by atoms with E-state index in [-0.39, 0.29) is 0 Å². The minimum absolute atomic E-state index is 0.417. The van der Waals surface area contributed by atoms with E-state index in [0.29, 0.717) is 6.04 Å². The van der Waals surface area contributed by atoms with E-state index in [2.05, 4.69) is 28.5 Å². The number of hydrogen-bond acceptors (Lipinski definition) is 2. The number of nitrogens with zero attached hydrogens (tertiary/aromatic N) is 1. The Hall–Kier alpha value is -0.890. The van der Waals surface area contributed by atoms with Crippen molar-refractivity contribution in [2.24, 2.45) is 4.99 Å². The Balaban J connectivity index is 2.18. The summed E-state index contributed by atoms with van der Waals surface area (Å²) in [5, 5.41) is 3.32. The summed E-state index contributed by atoms with van der Waals surface area (Å²) in [7, 11) is 0. The summed E-state index contributed by atoms with van der Waals surface area (Å²) in [6.07, 6.45) is 9.50. The van der Waals surface area contributed by atoms with Gasteiger partial charge >= 0.3 is 0 Å². The van der Waals surface area contributed by atoms with Crippen LogP contribution in [-0.4, -0.2) is 25.3 Å². The standard InChI is InChI=1S/C9H12N2/c1-2-5-10-7-9-8(3-1)4-6-11-9/h1-3,6,9-10H,4-5,7H2/b2-1-,8-3?. The highest BCUT2D eigenvalue weighted by Gasteiger charge is 2.15. The van der Waals surface area contributed by atoms with Crippen LogP contribution >= 0.6 is 0 Å². The maximum atomic E-state index is 4.37. The Morgan fingerprint density at radius 3 is 3.55 bits per heavy atom. The first-order valence-corrected chi connectivity index (χ1v) is 4.05. The number of rotatable bonds is 0. The second kappa shape index (κ2) is 3.01. The molecule has 2 heterocycles. The molecule has 1 unspecified atom stereocenters. The number of aliphatic imine (C=N–C) groups is 1. The highest BCUT2D eigenvalue weighted by molar-refractivity contribution is 5.66. The lowest BCUT2D eigenvalue weighted by Gasteiger charge is -2.11. The zero-order chi connectivity index (χ0) is 7.52. The lowest BCUT2D eigenvalue weighted by Crippen LogP contribution is -2.26. The Morgan fingerprint density at radius 1 is 1.55 bits per heavy atom. The van der Waals surface area contributed by atoms with Crippen molar-refractivity contribution in [3.63, 3.8) is 0 Å². The van der Waals surface area contributed by atoms with E-state index in [9.17, 15) is 0 Å². The van der Waals surface area contributed by atoms with Gasteiger partial charge in [0, 0.05) is 25.7 Å². The van der Waals surface area contributed by atoms with E-state index in [1.807, 2.05) is 6.21 Å². The Kier molecular flexibility index (Phi) is 1.86. The second-order valence-electron chi connectivity index (χ2n) is 2.88. The van der Waals surface area contributed by atoms with Crippen LogP contribution in [0.25, 0.3) is 0 Å². The summed E-state index contributed by atoms with van der Waals surface area (Å²) < 4.78 is 0. The van der Waals surface area contributed by atoms with Crippen LogP contribution in [0.5, 0.6) is 0 Å². The summed E-state index contributed by atoms with van der Waals surface area (Å²) in [5.74, 6) is 0. The predicted molar refractivity (Wildman–Crippen MR) is 47.0 cm³/mol. The van der Waals surface area contributed by atoms with Gasteiger partial charge in [0.05, 0.1) is 6.04 Å². The molecule has 58 valence electrons. The van der Waals surface area contributed by atoms with Gasteiger partial charge in [0.2, 0.25) is 0 Å². The Morgan fingerprint density at radius 2 is 2.55 bits per heavy atom. The molecule has 0 saturated heterocycles. The molecular weight excluding hydrogens is 136 g/mol. The fourth-order valence-electron chi connectivity index (χ4n) is 1.44. The van der Waals surface area contributed by atoms with E-state index in [0.717, 1.165) is 19.5 Å². The molecule has 0 aromatic heterocycles. The zero-order valence-corrected chi connectivity index (χ0v) is 6.46. The van der Waals surface area contributed by atoms with Crippen molar-refractivity contribution >= 4 is 6.21 Å². The first kappa shape index (κ1) is 6.80. The van der Waals surface area contributed by atoms with Crippen LogP contribution in [-0.2, 0) is 0 Å². The molecule has 0 aromatic rings.